The molecular weight excluding hydrogens is 334 g/mol. The number of carbonyl (C=O) groups is 2. The fourth-order valence-corrected chi connectivity index (χ4v) is 2.25. The predicted octanol–water partition coefficient (Wildman–Crippen LogP) is 3.34. The number of carbonyl (C=O) groups excluding carboxylic acids is 2. The molecule has 0 aliphatic carbocycles. The first kappa shape index (κ1) is 19.3. The highest BCUT2D eigenvalue weighted by Crippen LogP contribution is 2.23. The number of para-hydroxylation sites is 2. The molecule has 26 heavy (non-hydrogen) atoms. The Morgan fingerprint density at radius 1 is 1.00 bits per heavy atom. The number of benzene rings is 2. The smallest absolute Gasteiger partial charge is 0.347 e. The lowest BCUT2D eigenvalue weighted by Crippen LogP contribution is -2.35. The number of methoxy groups -OCH3 is 1. The highest BCUT2D eigenvalue weighted by atomic mass is 16.6. The van der Waals surface area contributed by atoms with Crippen LogP contribution < -0.4 is 14.8 Å². The van der Waals surface area contributed by atoms with E-state index in [0.717, 1.165) is 5.56 Å². The van der Waals surface area contributed by atoms with Crippen molar-refractivity contribution in [3.63, 3.8) is 0 Å². The lowest BCUT2D eigenvalue weighted by atomic mass is 10.2. The van der Waals surface area contributed by atoms with Crippen LogP contribution in [0.1, 0.15) is 19.4 Å². The zero-order valence-electron chi connectivity index (χ0n) is 15.3. The first-order valence-corrected chi connectivity index (χ1v) is 8.28. The van der Waals surface area contributed by atoms with E-state index in [4.69, 9.17) is 14.2 Å². The molecule has 2 rings (SSSR count). The van der Waals surface area contributed by atoms with Gasteiger partial charge in [0.1, 0.15) is 11.5 Å². The number of hydrogen-bond acceptors (Lipinski definition) is 5. The van der Waals surface area contributed by atoms with Crippen LogP contribution in [0.25, 0.3) is 0 Å². The van der Waals surface area contributed by atoms with Gasteiger partial charge in [0, 0.05) is 0 Å². The van der Waals surface area contributed by atoms with Crippen molar-refractivity contribution in [1.82, 2.24) is 0 Å². The van der Waals surface area contributed by atoms with Gasteiger partial charge in [-0.3, -0.25) is 4.79 Å². The summed E-state index contributed by atoms with van der Waals surface area (Å²) in [6, 6.07) is 14.3. The highest BCUT2D eigenvalue weighted by Gasteiger charge is 2.23. The molecule has 0 unspecified atom stereocenters. The Labute approximate surface area is 153 Å². The molecule has 2 aromatic rings. The van der Waals surface area contributed by atoms with Gasteiger partial charge < -0.3 is 19.5 Å². The summed E-state index contributed by atoms with van der Waals surface area (Å²) in [5.41, 5.74) is 1.53. The van der Waals surface area contributed by atoms with Gasteiger partial charge in [-0.1, -0.05) is 24.3 Å². The molecule has 0 aromatic heterocycles. The molecular formula is C20H23NO5. The first-order valence-electron chi connectivity index (χ1n) is 8.28. The second kappa shape index (κ2) is 8.89. The van der Waals surface area contributed by atoms with Crippen molar-refractivity contribution >= 4 is 17.6 Å². The molecule has 1 N–H and O–H groups in total. The van der Waals surface area contributed by atoms with Crippen LogP contribution in [0.2, 0.25) is 0 Å². The molecule has 0 aliphatic heterocycles. The summed E-state index contributed by atoms with van der Waals surface area (Å²) in [7, 11) is 1.51. The van der Waals surface area contributed by atoms with Crippen LogP contribution in [0, 0.1) is 6.92 Å². The number of esters is 1. The summed E-state index contributed by atoms with van der Waals surface area (Å²) in [4.78, 5) is 24.4. The molecule has 0 spiro atoms. The molecule has 6 heteroatoms. The topological polar surface area (TPSA) is 73.9 Å². The van der Waals surface area contributed by atoms with Crippen molar-refractivity contribution in [2.75, 3.05) is 12.4 Å². The predicted molar refractivity (Wildman–Crippen MR) is 98.4 cm³/mol. The van der Waals surface area contributed by atoms with Gasteiger partial charge in [-0.2, -0.15) is 0 Å². The minimum absolute atomic E-state index is 0.453. The van der Waals surface area contributed by atoms with E-state index >= 15 is 0 Å². The number of amides is 1. The van der Waals surface area contributed by atoms with Crippen LogP contribution in [-0.2, 0) is 14.3 Å². The first-order chi connectivity index (χ1) is 12.4. The van der Waals surface area contributed by atoms with Gasteiger partial charge in [-0.15, -0.1) is 0 Å². The van der Waals surface area contributed by atoms with Crippen LogP contribution in [0.3, 0.4) is 0 Å². The minimum Gasteiger partial charge on any atom is -0.495 e. The summed E-state index contributed by atoms with van der Waals surface area (Å²) in [5.74, 6) is 0.0240. The van der Waals surface area contributed by atoms with Crippen LogP contribution in [0.15, 0.2) is 48.5 Å². The van der Waals surface area contributed by atoms with Gasteiger partial charge in [0.25, 0.3) is 5.91 Å². The number of nitrogens with one attached hydrogen (secondary N) is 1. The number of hydrogen-bond donors (Lipinski definition) is 1. The fraction of sp³-hybridized carbons (Fsp3) is 0.300. The van der Waals surface area contributed by atoms with Crippen molar-refractivity contribution in [1.29, 1.82) is 0 Å². The summed E-state index contributed by atoms with van der Waals surface area (Å²) in [6.45, 7) is 5.01. The number of ether oxygens (including phenoxy) is 3. The van der Waals surface area contributed by atoms with Gasteiger partial charge in [-0.25, -0.2) is 4.79 Å². The van der Waals surface area contributed by atoms with Gasteiger partial charge in [-0.05, 0) is 50.6 Å². The maximum Gasteiger partial charge on any atom is 0.347 e. The third-order valence-electron chi connectivity index (χ3n) is 3.66. The minimum atomic E-state index is -0.976. The maximum absolute atomic E-state index is 12.3. The Hall–Kier alpha value is -3.02. The zero-order valence-corrected chi connectivity index (χ0v) is 15.3. The lowest BCUT2D eigenvalue weighted by Gasteiger charge is -2.18. The van der Waals surface area contributed by atoms with Crippen molar-refractivity contribution in [3.8, 4) is 11.5 Å². The third-order valence-corrected chi connectivity index (χ3v) is 3.66. The summed E-state index contributed by atoms with van der Waals surface area (Å²) < 4.78 is 16.0. The van der Waals surface area contributed by atoms with E-state index < -0.39 is 24.1 Å². The van der Waals surface area contributed by atoms with E-state index in [-0.39, 0.29) is 0 Å². The molecule has 0 radical (unpaired) electrons. The Morgan fingerprint density at radius 3 is 2.42 bits per heavy atom. The Balaban J connectivity index is 1.92. The van der Waals surface area contributed by atoms with Crippen molar-refractivity contribution in [3.05, 3.63) is 54.1 Å². The molecule has 0 bridgehead atoms. The Kier molecular flexibility index (Phi) is 6.60. The van der Waals surface area contributed by atoms with Gasteiger partial charge >= 0.3 is 5.97 Å². The average Bonchev–Trinajstić information content (AvgIpc) is 2.62. The van der Waals surface area contributed by atoms with Crippen molar-refractivity contribution in [2.45, 2.75) is 33.0 Å². The molecule has 0 fully saturated rings. The average molecular weight is 357 g/mol. The highest BCUT2D eigenvalue weighted by molar-refractivity contribution is 5.96. The molecule has 1 amide bonds. The Bertz CT molecular complexity index is 774. The van der Waals surface area contributed by atoms with Gasteiger partial charge in [0.2, 0.25) is 0 Å². The van der Waals surface area contributed by atoms with E-state index in [1.54, 1.807) is 37.3 Å². The second-order valence-corrected chi connectivity index (χ2v) is 5.85. The molecule has 0 heterocycles. The van der Waals surface area contributed by atoms with E-state index in [2.05, 4.69) is 5.32 Å². The Morgan fingerprint density at radius 2 is 1.73 bits per heavy atom. The second-order valence-electron chi connectivity index (χ2n) is 5.85. The standard InChI is InChI=1S/C20H23NO5/c1-13-8-7-9-16(12-13)25-15(3)20(23)26-14(2)19(22)21-17-10-5-6-11-18(17)24-4/h5-12,14-15H,1-4H3,(H,21,22)/t14-,15-/m0/s1. The number of aryl methyl sites for hydroxylation is 1. The molecule has 0 saturated heterocycles. The van der Waals surface area contributed by atoms with Crippen LogP contribution in [-0.4, -0.2) is 31.2 Å². The van der Waals surface area contributed by atoms with E-state index in [9.17, 15) is 9.59 Å². The van der Waals surface area contributed by atoms with E-state index in [1.165, 1.54) is 14.0 Å². The van der Waals surface area contributed by atoms with Gasteiger partial charge in [0.05, 0.1) is 12.8 Å². The molecule has 0 aliphatic rings. The molecule has 0 saturated carbocycles. The molecule has 2 aromatic carbocycles. The monoisotopic (exact) mass is 357 g/mol. The fourth-order valence-electron chi connectivity index (χ4n) is 2.25. The van der Waals surface area contributed by atoms with Crippen LogP contribution in [0.4, 0.5) is 5.69 Å². The van der Waals surface area contributed by atoms with Crippen LogP contribution >= 0.6 is 0 Å². The third kappa shape index (κ3) is 5.24. The lowest BCUT2D eigenvalue weighted by molar-refractivity contribution is -0.159. The van der Waals surface area contributed by atoms with Gasteiger partial charge in [0.15, 0.2) is 12.2 Å². The number of anilines is 1. The summed E-state index contributed by atoms with van der Waals surface area (Å²) >= 11 is 0. The van der Waals surface area contributed by atoms with E-state index in [1.807, 2.05) is 25.1 Å². The SMILES string of the molecule is COc1ccccc1NC(=O)[C@H](C)OC(=O)[C@H](C)Oc1cccc(C)c1. The number of rotatable bonds is 7. The quantitative estimate of drug-likeness (QED) is 0.770. The molecule has 6 nitrogen and oxygen atoms in total. The van der Waals surface area contributed by atoms with Crippen molar-refractivity contribution < 1.29 is 23.8 Å². The molecule has 2 atom stereocenters. The van der Waals surface area contributed by atoms with E-state index in [0.29, 0.717) is 17.2 Å². The van der Waals surface area contributed by atoms with Crippen LogP contribution in [0.5, 0.6) is 11.5 Å². The van der Waals surface area contributed by atoms with Crippen molar-refractivity contribution in [2.24, 2.45) is 0 Å². The largest absolute Gasteiger partial charge is 0.495 e. The normalized spacial score (nSPS) is 12.6. The summed E-state index contributed by atoms with van der Waals surface area (Å²) in [5, 5.41) is 2.68. The summed E-state index contributed by atoms with van der Waals surface area (Å²) in [6.07, 6.45) is -1.81. The maximum atomic E-state index is 12.3. The molecule has 138 valence electrons. The zero-order chi connectivity index (χ0) is 19.1.